The Morgan fingerprint density at radius 3 is 2.22 bits per heavy atom. The lowest BCUT2D eigenvalue weighted by Gasteiger charge is -2.29. The standard InChI is InChI=1S/C20H20O3/c1-2-15-5-7-16(8-6-15)19(22)23-20(13-3-4-14-20)17-9-11-18(21)12-10-17/h2,5-12,21H,1,3-4,13-14H2. The van der Waals surface area contributed by atoms with Gasteiger partial charge in [-0.3, -0.25) is 0 Å². The number of hydrogen-bond donors (Lipinski definition) is 1. The van der Waals surface area contributed by atoms with E-state index in [1.54, 1.807) is 30.3 Å². The summed E-state index contributed by atoms with van der Waals surface area (Å²) in [6.07, 6.45) is 5.43. The largest absolute Gasteiger partial charge is 0.508 e. The van der Waals surface area contributed by atoms with Gasteiger partial charge in [-0.15, -0.1) is 0 Å². The van der Waals surface area contributed by atoms with Crippen LogP contribution in [-0.2, 0) is 10.3 Å². The minimum absolute atomic E-state index is 0.216. The van der Waals surface area contributed by atoms with Crippen LogP contribution in [0.4, 0.5) is 0 Å². The van der Waals surface area contributed by atoms with Gasteiger partial charge in [0.2, 0.25) is 0 Å². The maximum absolute atomic E-state index is 12.5. The van der Waals surface area contributed by atoms with Crippen LogP contribution in [0.3, 0.4) is 0 Å². The molecule has 0 radical (unpaired) electrons. The Morgan fingerprint density at radius 2 is 1.65 bits per heavy atom. The van der Waals surface area contributed by atoms with Crippen LogP contribution in [0.1, 0.15) is 47.2 Å². The van der Waals surface area contributed by atoms with Crippen LogP contribution in [0, 0.1) is 0 Å². The average molecular weight is 308 g/mol. The lowest BCUT2D eigenvalue weighted by molar-refractivity contribution is -0.0183. The van der Waals surface area contributed by atoms with Crippen molar-refractivity contribution >= 4 is 12.0 Å². The fourth-order valence-corrected chi connectivity index (χ4v) is 3.15. The van der Waals surface area contributed by atoms with Crippen molar-refractivity contribution in [2.45, 2.75) is 31.3 Å². The van der Waals surface area contributed by atoms with Crippen LogP contribution in [0.5, 0.6) is 5.75 Å². The summed E-state index contributed by atoms with van der Waals surface area (Å²) >= 11 is 0. The Hall–Kier alpha value is -2.55. The smallest absolute Gasteiger partial charge is 0.339 e. The molecule has 1 N–H and O–H groups in total. The Labute approximate surface area is 136 Å². The predicted molar refractivity (Wildman–Crippen MR) is 90.2 cm³/mol. The molecular weight excluding hydrogens is 288 g/mol. The third-order valence-electron chi connectivity index (χ3n) is 4.47. The van der Waals surface area contributed by atoms with Gasteiger partial charge in [0.05, 0.1) is 5.56 Å². The molecule has 0 saturated heterocycles. The lowest BCUT2D eigenvalue weighted by Crippen LogP contribution is -2.29. The van der Waals surface area contributed by atoms with Crippen molar-refractivity contribution in [2.24, 2.45) is 0 Å². The van der Waals surface area contributed by atoms with Crippen LogP contribution in [0.25, 0.3) is 6.08 Å². The van der Waals surface area contributed by atoms with Gasteiger partial charge in [-0.1, -0.05) is 36.9 Å². The van der Waals surface area contributed by atoms with Gasteiger partial charge in [-0.05, 0) is 61.1 Å². The summed E-state index contributed by atoms with van der Waals surface area (Å²) in [5.41, 5.74) is 1.88. The second-order valence-corrected chi connectivity index (χ2v) is 5.96. The van der Waals surface area contributed by atoms with Gasteiger partial charge in [0.1, 0.15) is 11.4 Å². The molecule has 0 unspecified atom stereocenters. The minimum atomic E-state index is -0.581. The quantitative estimate of drug-likeness (QED) is 0.835. The van der Waals surface area contributed by atoms with E-state index in [-0.39, 0.29) is 11.7 Å². The zero-order chi connectivity index (χ0) is 16.3. The Kier molecular flexibility index (Phi) is 4.20. The number of carbonyl (C=O) groups excluding carboxylic acids is 1. The average Bonchev–Trinajstić information content (AvgIpc) is 3.05. The fourth-order valence-electron chi connectivity index (χ4n) is 3.15. The van der Waals surface area contributed by atoms with Crippen LogP contribution in [-0.4, -0.2) is 11.1 Å². The lowest BCUT2D eigenvalue weighted by atomic mass is 9.91. The second kappa shape index (κ2) is 6.29. The maximum Gasteiger partial charge on any atom is 0.339 e. The molecule has 0 spiro atoms. The molecule has 1 aliphatic rings. The number of ether oxygens (including phenoxy) is 1. The first-order chi connectivity index (χ1) is 11.1. The van der Waals surface area contributed by atoms with Crippen molar-refractivity contribution in [3.05, 3.63) is 71.8 Å². The van der Waals surface area contributed by atoms with E-state index >= 15 is 0 Å². The van der Waals surface area contributed by atoms with Gasteiger partial charge in [0.25, 0.3) is 0 Å². The number of rotatable bonds is 4. The summed E-state index contributed by atoms with van der Waals surface area (Å²) in [6, 6.07) is 14.2. The molecule has 0 atom stereocenters. The molecule has 118 valence electrons. The normalized spacial score (nSPS) is 16.0. The summed E-state index contributed by atoms with van der Waals surface area (Å²) in [4.78, 5) is 12.5. The van der Waals surface area contributed by atoms with Gasteiger partial charge in [-0.2, -0.15) is 0 Å². The van der Waals surface area contributed by atoms with E-state index < -0.39 is 5.60 Å². The minimum Gasteiger partial charge on any atom is -0.508 e. The number of phenols is 1. The third-order valence-corrected chi connectivity index (χ3v) is 4.47. The molecule has 1 fully saturated rings. The van der Waals surface area contributed by atoms with Crippen molar-refractivity contribution in [3.8, 4) is 5.75 Å². The van der Waals surface area contributed by atoms with Gasteiger partial charge >= 0.3 is 5.97 Å². The summed E-state index contributed by atoms with van der Waals surface area (Å²) in [5, 5.41) is 9.48. The first-order valence-electron chi connectivity index (χ1n) is 7.88. The molecule has 3 nitrogen and oxygen atoms in total. The number of carbonyl (C=O) groups is 1. The fraction of sp³-hybridized carbons (Fsp3) is 0.250. The highest BCUT2D eigenvalue weighted by Gasteiger charge is 2.39. The van der Waals surface area contributed by atoms with Crippen molar-refractivity contribution < 1.29 is 14.6 Å². The SMILES string of the molecule is C=Cc1ccc(C(=O)OC2(c3ccc(O)cc3)CCCC2)cc1. The maximum atomic E-state index is 12.5. The van der Waals surface area contributed by atoms with E-state index in [0.29, 0.717) is 5.56 Å². The Bertz CT molecular complexity index is 693. The zero-order valence-corrected chi connectivity index (χ0v) is 13.0. The summed E-state index contributed by atoms with van der Waals surface area (Å²) in [7, 11) is 0. The molecule has 23 heavy (non-hydrogen) atoms. The zero-order valence-electron chi connectivity index (χ0n) is 13.0. The first-order valence-corrected chi connectivity index (χ1v) is 7.88. The van der Waals surface area contributed by atoms with E-state index in [1.165, 1.54) is 0 Å². The van der Waals surface area contributed by atoms with E-state index in [2.05, 4.69) is 6.58 Å². The number of aromatic hydroxyl groups is 1. The van der Waals surface area contributed by atoms with Crippen molar-refractivity contribution in [2.75, 3.05) is 0 Å². The summed E-state index contributed by atoms with van der Waals surface area (Å²) in [6.45, 7) is 3.71. The number of phenolic OH excluding ortho intramolecular Hbond substituents is 1. The molecule has 3 heteroatoms. The van der Waals surface area contributed by atoms with Crippen LogP contribution >= 0.6 is 0 Å². The van der Waals surface area contributed by atoms with Gasteiger partial charge in [0.15, 0.2) is 0 Å². The van der Waals surface area contributed by atoms with E-state index in [0.717, 1.165) is 36.8 Å². The Balaban J connectivity index is 1.85. The predicted octanol–water partition coefficient (Wildman–Crippen LogP) is 4.66. The number of esters is 1. The molecule has 2 aromatic carbocycles. The second-order valence-electron chi connectivity index (χ2n) is 5.96. The molecule has 0 bridgehead atoms. The molecule has 2 aromatic rings. The highest BCUT2D eigenvalue weighted by molar-refractivity contribution is 5.90. The van der Waals surface area contributed by atoms with E-state index in [9.17, 15) is 9.90 Å². The molecular formula is C20H20O3. The molecule has 0 aromatic heterocycles. The highest BCUT2D eigenvalue weighted by Crippen LogP contribution is 2.43. The van der Waals surface area contributed by atoms with Crippen molar-refractivity contribution in [3.63, 3.8) is 0 Å². The van der Waals surface area contributed by atoms with E-state index in [4.69, 9.17) is 4.74 Å². The third kappa shape index (κ3) is 3.14. The van der Waals surface area contributed by atoms with Gasteiger partial charge in [0, 0.05) is 0 Å². The van der Waals surface area contributed by atoms with Crippen LogP contribution < -0.4 is 0 Å². The van der Waals surface area contributed by atoms with E-state index in [1.807, 2.05) is 24.3 Å². The van der Waals surface area contributed by atoms with Crippen LogP contribution in [0.2, 0.25) is 0 Å². The number of benzene rings is 2. The molecule has 1 aliphatic carbocycles. The van der Waals surface area contributed by atoms with Crippen molar-refractivity contribution in [1.82, 2.24) is 0 Å². The monoisotopic (exact) mass is 308 g/mol. The van der Waals surface area contributed by atoms with Crippen molar-refractivity contribution in [1.29, 1.82) is 0 Å². The molecule has 0 heterocycles. The summed E-state index contributed by atoms with van der Waals surface area (Å²) in [5.74, 6) is -0.0937. The topological polar surface area (TPSA) is 46.5 Å². The molecule has 0 aliphatic heterocycles. The van der Waals surface area contributed by atoms with Crippen LogP contribution in [0.15, 0.2) is 55.1 Å². The molecule has 1 saturated carbocycles. The molecule has 0 amide bonds. The number of hydrogen-bond acceptors (Lipinski definition) is 3. The summed E-state index contributed by atoms with van der Waals surface area (Å²) < 4.78 is 5.94. The van der Waals surface area contributed by atoms with Gasteiger partial charge in [-0.25, -0.2) is 4.79 Å². The van der Waals surface area contributed by atoms with Gasteiger partial charge < -0.3 is 9.84 Å². The Morgan fingerprint density at radius 1 is 1.04 bits per heavy atom. The highest BCUT2D eigenvalue weighted by atomic mass is 16.6. The molecule has 3 rings (SSSR count). The first kappa shape index (κ1) is 15.3.